The molecular formula is C11H13N3O4. The molecule has 0 amide bonds. The van der Waals surface area contributed by atoms with Gasteiger partial charge in [0.15, 0.2) is 11.5 Å². The van der Waals surface area contributed by atoms with E-state index in [0.29, 0.717) is 18.2 Å². The number of aromatic nitrogens is 2. The zero-order valence-electron chi connectivity index (χ0n) is 10.3. The Hall–Kier alpha value is -2.31. The molecule has 0 saturated heterocycles. The zero-order valence-corrected chi connectivity index (χ0v) is 10.3. The number of anilines is 1. The van der Waals surface area contributed by atoms with Gasteiger partial charge in [0.05, 0.1) is 6.54 Å². The van der Waals surface area contributed by atoms with E-state index in [1.165, 1.54) is 0 Å². The van der Waals surface area contributed by atoms with Crippen LogP contribution in [-0.4, -0.2) is 28.3 Å². The summed E-state index contributed by atoms with van der Waals surface area (Å²) >= 11 is 0. The van der Waals surface area contributed by atoms with E-state index in [-0.39, 0.29) is 5.69 Å². The Labute approximate surface area is 103 Å². The van der Waals surface area contributed by atoms with Gasteiger partial charge in [0.2, 0.25) is 5.89 Å². The van der Waals surface area contributed by atoms with Gasteiger partial charge < -0.3 is 18.9 Å². The van der Waals surface area contributed by atoms with Gasteiger partial charge >= 0.3 is 5.97 Å². The van der Waals surface area contributed by atoms with Gasteiger partial charge in [-0.2, -0.15) is 0 Å². The molecule has 0 radical (unpaired) electrons. The first kappa shape index (κ1) is 12.2. The summed E-state index contributed by atoms with van der Waals surface area (Å²) in [7, 11) is 1.83. The van der Waals surface area contributed by atoms with Gasteiger partial charge in [0, 0.05) is 7.05 Å². The fourth-order valence-electron chi connectivity index (χ4n) is 1.79. The number of hydrogen-bond donors (Lipinski definition) is 1. The molecule has 7 nitrogen and oxygen atoms in total. The largest absolute Gasteiger partial charge is 0.476 e. The van der Waals surface area contributed by atoms with Crippen LogP contribution >= 0.6 is 0 Å². The third kappa shape index (κ3) is 2.20. The third-order valence-electron chi connectivity index (χ3n) is 2.52. The molecule has 0 spiro atoms. The van der Waals surface area contributed by atoms with Gasteiger partial charge in [0.25, 0.3) is 0 Å². The van der Waals surface area contributed by atoms with Gasteiger partial charge in [-0.15, -0.1) is 0 Å². The Bertz CT molecular complexity index is 553. The molecule has 2 rings (SSSR count). The Morgan fingerprint density at radius 3 is 2.72 bits per heavy atom. The van der Waals surface area contributed by atoms with Crippen LogP contribution < -0.4 is 4.90 Å². The Morgan fingerprint density at radius 2 is 2.22 bits per heavy atom. The van der Waals surface area contributed by atoms with Crippen LogP contribution in [0.15, 0.2) is 15.2 Å². The molecule has 7 heteroatoms. The van der Waals surface area contributed by atoms with Crippen molar-refractivity contribution >= 4 is 11.7 Å². The van der Waals surface area contributed by atoms with Gasteiger partial charge in [-0.25, -0.2) is 9.78 Å². The van der Waals surface area contributed by atoms with E-state index in [2.05, 4.69) is 10.1 Å². The van der Waals surface area contributed by atoms with E-state index in [0.717, 1.165) is 17.6 Å². The molecule has 0 fully saturated rings. The van der Waals surface area contributed by atoms with Crippen LogP contribution in [0.4, 0.5) is 5.69 Å². The third-order valence-corrected chi connectivity index (χ3v) is 2.52. The number of carbonyl (C=O) groups is 1. The van der Waals surface area contributed by atoms with Gasteiger partial charge in [-0.3, -0.25) is 0 Å². The summed E-state index contributed by atoms with van der Waals surface area (Å²) in [5.74, 6) is -0.0834. The number of nitrogens with zero attached hydrogens (tertiary/aromatic N) is 3. The number of aromatic carboxylic acids is 1. The van der Waals surface area contributed by atoms with Crippen LogP contribution in [0.1, 0.15) is 27.8 Å². The molecule has 0 atom stereocenters. The van der Waals surface area contributed by atoms with Crippen molar-refractivity contribution in [2.75, 3.05) is 11.9 Å². The first-order valence-electron chi connectivity index (χ1n) is 5.30. The second kappa shape index (κ2) is 4.52. The highest BCUT2D eigenvalue weighted by molar-refractivity contribution is 5.84. The number of rotatable bonds is 4. The highest BCUT2D eigenvalue weighted by Gasteiger charge is 2.17. The van der Waals surface area contributed by atoms with E-state index in [9.17, 15) is 4.79 Å². The van der Waals surface area contributed by atoms with Crippen molar-refractivity contribution in [2.24, 2.45) is 0 Å². The Morgan fingerprint density at radius 1 is 1.50 bits per heavy atom. The highest BCUT2D eigenvalue weighted by Crippen LogP contribution is 2.24. The summed E-state index contributed by atoms with van der Waals surface area (Å²) in [6.07, 6.45) is 1.12. The summed E-state index contributed by atoms with van der Waals surface area (Å²) in [5.41, 5.74) is 1.52. The predicted octanol–water partition coefficient (Wildman–Crippen LogP) is 1.61. The lowest BCUT2D eigenvalue weighted by atomic mass is 10.3. The SMILES string of the molecule is Cc1noc(C)c1N(C)Cc1nc(C(=O)O)co1. The summed E-state index contributed by atoms with van der Waals surface area (Å²) in [6.45, 7) is 3.99. The predicted molar refractivity (Wildman–Crippen MR) is 61.5 cm³/mol. The molecule has 0 aliphatic carbocycles. The van der Waals surface area contributed by atoms with Crippen LogP contribution in [0.2, 0.25) is 0 Å². The standard InChI is InChI=1S/C11H13N3O4/c1-6-10(7(2)18-13-6)14(3)4-9-12-8(5-17-9)11(15)16/h5H,4H2,1-3H3,(H,15,16). The van der Waals surface area contributed by atoms with Crippen molar-refractivity contribution in [3.05, 3.63) is 29.3 Å². The minimum atomic E-state index is -1.11. The minimum absolute atomic E-state index is 0.0998. The van der Waals surface area contributed by atoms with Gasteiger partial charge in [-0.1, -0.05) is 5.16 Å². The molecule has 2 aromatic rings. The lowest BCUT2D eigenvalue weighted by molar-refractivity contribution is 0.0690. The van der Waals surface area contributed by atoms with Crippen molar-refractivity contribution < 1.29 is 18.8 Å². The second-order valence-corrected chi connectivity index (χ2v) is 3.96. The molecular weight excluding hydrogens is 238 g/mol. The maximum absolute atomic E-state index is 10.7. The van der Waals surface area contributed by atoms with Crippen molar-refractivity contribution in [1.82, 2.24) is 10.1 Å². The number of oxazole rings is 1. The summed E-state index contributed by atoms with van der Waals surface area (Å²) in [5, 5.41) is 12.6. The molecule has 0 aromatic carbocycles. The van der Waals surface area contributed by atoms with Gasteiger partial charge in [-0.05, 0) is 13.8 Å². The van der Waals surface area contributed by atoms with Crippen LogP contribution in [0.25, 0.3) is 0 Å². The monoisotopic (exact) mass is 251 g/mol. The van der Waals surface area contributed by atoms with E-state index in [1.54, 1.807) is 0 Å². The first-order chi connectivity index (χ1) is 8.49. The molecule has 18 heavy (non-hydrogen) atoms. The maximum atomic E-state index is 10.7. The summed E-state index contributed by atoms with van der Waals surface area (Å²) in [4.78, 5) is 16.4. The van der Waals surface area contributed by atoms with E-state index in [4.69, 9.17) is 14.0 Å². The highest BCUT2D eigenvalue weighted by atomic mass is 16.5. The molecule has 0 bridgehead atoms. The lowest BCUT2D eigenvalue weighted by Gasteiger charge is -2.16. The molecule has 0 saturated carbocycles. The van der Waals surface area contributed by atoms with E-state index < -0.39 is 5.97 Å². The Balaban J connectivity index is 2.16. The van der Waals surface area contributed by atoms with Crippen LogP contribution in [0, 0.1) is 13.8 Å². The van der Waals surface area contributed by atoms with Crippen molar-refractivity contribution in [3.63, 3.8) is 0 Å². The first-order valence-corrected chi connectivity index (χ1v) is 5.30. The quantitative estimate of drug-likeness (QED) is 0.882. The second-order valence-electron chi connectivity index (χ2n) is 3.96. The molecule has 2 aromatic heterocycles. The number of carboxylic acids is 1. The summed E-state index contributed by atoms with van der Waals surface area (Å²) in [6, 6.07) is 0. The summed E-state index contributed by atoms with van der Waals surface area (Å²) < 4.78 is 10.2. The van der Waals surface area contributed by atoms with Crippen LogP contribution in [0.3, 0.4) is 0 Å². The number of carboxylic acid groups (broad SMARTS) is 1. The fourth-order valence-corrected chi connectivity index (χ4v) is 1.79. The van der Waals surface area contributed by atoms with Gasteiger partial charge in [0.1, 0.15) is 17.6 Å². The zero-order chi connectivity index (χ0) is 13.3. The number of aryl methyl sites for hydroxylation is 2. The minimum Gasteiger partial charge on any atom is -0.476 e. The molecule has 2 heterocycles. The molecule has 1 N–H and O–H groups in total. The molecule has 0 unspecified atom stereocenters. The molecule has 0 aliphatic rings. The molecule has 0 aliphatic heterocycles. The molecule has 96 valence electrons. The average Bonchev–Trinajstić information content (AvgIpc) is 2.86. The average molecular weight is 251 g/mol. The fraction of sp³-hybridized carbons (Fsp3) is 0.364. The maximum Gasteiger partial charge on any atom is 0.357 e. The van der Waals surface area contributed by atoms with Crippen molar-refractivity contribution in [3.8, 4) is 0 Å². The Kier molecular flexibility index (Phi) is 3.05. The van der Waals surface area contributed by atoms with Crippen molar-refractivity contribution in [1.29, 1.82) is 0 Å². The number of hydrogen-bond acceptors (Lipinski definition) is 6. The lowest BCUT2D eigenvalue weighted by Crippen LogP contribution is -2.18. The van der Waals surface area contributed by atoms with E-state index >= 15 is 0 Å². The normalized spacial score (nSPS) is 10.6. The van der Waals surface area contributed by atoms with Crippen molar-refractivity contribution in [2.45, 2.75) is 20.4 Å². The van der Waals surface area contributed by atoms with Crippen LogP contribution in [-0.2, 0) is 6.54 Å². The van der Waals surface area contributed by atoms with E-state index in [1.807, 2.05) is 25.8 Å². The topological polar surface area (TPSA) is 92.6 Å². The van der Waals surface area contributed by atoms with Crippen LogP contribution in [0.5, 0.6) is 0 Å². The smallest absolute Gasteiger partial charge is 0.357 e.